The minimum absolute atomic E-state index is 0.107. The fourth-order valence-corrected chi connectivity index (χ4v) is 2.12. The summed E-state index contributed by atoms with van der Waals surface area (Å²) in [6.07, 6.45) is 0.998. The summed E-state index contributed by atoms with van der Waals surface area (Å²) in [6.45, 7) is 6.14. The molecule has 0 aliphatic carbocycles. The first kappa shape index (κ1) is 12.6. The first-order chi connectivity index (χ1) is 8.61. The third-order valence-electron chi connectivity index (χ3n) is 3.25. The van der Waals surface area contributed by atoms with Crippen LogP contribution in [0.25, 0.3) is 0 Å². The molecule has 0 unspecified atom stereocenters. The van der Waals surface area contributed by atoms with Gasteiger partial charge in [0.05, 0.1) is 0 Å². The Morgan fingerprint density at radius 3 is 2.22 bits per heavy atom. The molecule has 0 aromatic heterocycles. The second-order valence-electron chi connectivity index (χ2n) is 4.70. The van der Waals surface area contributed by atoms with E-state index < -0.39 is 0 Å². The lowest BCUT2D eigenvalue weighted by molar-refractivity contribution is 0.103. The van der Waals surface area contributed by atoms with Crippen LogP contribution in [0.1, 0.15) is 39.5 Å². The van der Waals surface area contributed by atoms with E-state index in [1.54, 1.807) is 0 Å². The number of carbonyl (C=O) groups is 1. The van der Waals surface area contributed by atoms with Gasteiger partial charge in [0.2, 0.25) is 0 Å². The Balaban J connectivity index is 2.35. The van der Waals surface area contributed by atoms with E-state index in [0.717, 1.165) is 23.1 Å². The topological polar surface area (TPSA) is 17.1 Å². The monoisotopic (exact) mass is 238 g/mol. The van der Waals surface area contributed by atoms with E-state index in [9.17, 15) is 4.79 Å². The zero-order valence-corrected chi connectivity index (χ0v) is 11.2. The average molecular weight is 238 g/mol. The van der Waals surface area contributed by atoms with Gasteiger partial charge in [-0.3, -0.25) is 4.79 Å². The van der Waals surface area contributed by atoms with Crippen molar-refractivity contribution in [2.24, 2.45) is 0 Å². The maximum absolute atomic E-state index is 12.4. The highest BCUT2D eigenvalue weighted by molar-refractivity contribution is 6.09. The molecule has 0 aliphatic heterocycles. The second-order valence-corrected chi connectivity index (χ2v) is 4.70. The van der Waals surface area contributed by atoms with Crippen LogP contribution in [0.3, 0.4) is 0 Å². The second kappa shape index (κ2) is 5.18. The minimum atomic E-state index is 0.107. The third kappa shape index (κ3) is 2.51. The van der Waals surface area contributed by atoms with Crippen LogP contribution < -0.4 is 0 Å². The van der Waals surface area contributed by atoms with E-state index in [-0.39, 0.29) is 5.78 Å². The predicted molar refractivity (Wildman–Crippen MR) is 75.2 cm³/mol. The van der Waals surface area contributed by atoms with Crippen LogP contribution in [-0.4, -0.2) is 5.78 Å². The summed E-state index contributed by atoms with van der Waals surface area (Å²) >= 11 is 0. The van der Waals surface area contributed by atoms with E-state index in [1.807, 2.05) is 56.3 Å². The SMILES string of the molecule is CCc1ccc(C(=O)c2ccc(C)cc2C)cc1. The van der Waals surface area contributed by atoms with Crippen molar-refractivity contribution in [3.05, 3.63) is 70.3 Å². The van der Waals surface area contributed by atoms with E-state index >= 15 is 0 Å². The molecule has 1 nitrogen and oxygen atoms in total. The van der Waals surface area contributed by atoms with Crippen molar-refractivity contribution in [3.63, 3.8) is 0 Å². The molecule has 0 fully saturated rings. The highest BCUT2D eigenvalue weighted by atomic mass is 16.1. The normalized spacial score (nSPS) is 10.4. The van der Waals surface area contributed by atoms with Crippen molar-refractivity contribution >= 4 is 5.78 Å². The smallest absolute Gasteiger partial charge is 0.193 e. The van der Waals surface area contributed by atoms with Crippen molar-refractivity contribution in [1.29, 1.82) is 0 Å². The number of benzene rings is 2. The molecule has 1 heteroatoms. The summed E-state index contributed by atoms with van der Waals surface area (Å²) in [6, 6.07) is 13.8. The van der Waals surface area contributed by atoms with E-state index in [4.69, 9.17) is 0 Å². The van der Waals surface area contributed by atoms with Gasteiger partial charge in [-0.05, 0) is 31.4 Å². The molecule has 0 saturated carbocycles. The van der Waals surface area contributed by atoms with Gasteiger partial charge >= 0.3 is 0 Å². The molecule has 0 aliphatic rings. The van der Waals surface area contributed by atoms with Gasteiger partial charge in [0, 0.05) is 11.1 Å². The predicted octanol–water partition coefficient (Wildman–Crippen LogP) is 4.10. The Hall–Kier alpha value is -1.89. The molecule has 0 heterocycles. The van der Waals surface area contributed by atoms with Gasteiger partial charge < -0.3 is 0 Å². The average Bonchev–Trinajstić information content (AvgIpc) is 2.38. The number of hydrogen-bond donors (Lipinski definition) is 0. The first-order valence-electron chi connectivity index (χ1n) is 6.32. The van der Waals surface area contributed by atoms with Gasteiger partial charge in [0.25, 0.3) is 0 Å². The molecular formula is C17H18O. The Morgan fingerprint density at radius 2 is 1.67 bits per heavy atom. The highest BCUT2D eigenvalue weighted by Crippen LogP contribution is 2.16. The third-order valence-corrected chi connectivity index (χ3v) is 3.25. The number of hydrogen-bond acceptors (Lipinski definition) is 1. The summed E-state index contributed by atoms with van der Waals surface area (Å²) in [5.74, 6) is 0.107. The summed E-state index contributed by atoms with van der Waals surface area (Å²) in [4.78, 5) is 12.4. The quantitative estimate of drug-likeness (QED) is 0.736. The molecule has 18 heavy (non-hydrogen) atoms. The van der Waals surface area contributed by atoms with Crippen LogP contribution in [0.4, 0.5) is 0 Å². The Kier molecular flexibility index (Phi) is 3.61. The van der Waals surface area contributed by atoms with Gasteiger partial charge in [0.15, 0.2) is 5.78 Å². The molecule has 0 N–H and O–H groups in total. The number of aryl methyl sites for hydroxylation is 3. The van der Waals surface area contributed by atoms with Crippen LogP contribution in [0, 0.1) is 13.8 Å². The molecule has 0 amide bonds. The van der Waals surface area contributed by atoms with Crippen molar-refractivity contribution in [3.8, 4) is 0 Å². The van der Waals surface area contributed by atoms with Crippen molar-refractivity contribution in [2.45, 2.75) is 27.2 Å². The van der Waals surface area contributed by atoms with Crippen LogP contribution >= 0.6 is 0 Å². The van der Waals surface area contributed by atoms with Gasteiger partial charge in [-0.1, -0.05) is 55.0 Å². The fourth-order valence-electron chi connectivity index (χ4n) is 2.12. The van der Waals surface area contributed by atoms with Crippen LogP contribution in [0.5, 0.6) is 0 Å². The molecular weight excluding hydrogens is 220 g/mol. The fraction of sp³-hybridized carbons (Fsp3) is 0.235. The molecule has 2 aromatic carbocycles. The summed E-state index contributed by atoms with van der Waals surface area (Å²) in [5, 5.41) is 0. The van der Waals surface area contributed by atoms with Crippen LogP contribution in [0.15, 0.2) is 42.5 Å². The van der Waals surface area contributed by atoms with E-state index in [0.29, 0.717) is 0 Å². The van der Waals surface area contributed by atoms with Gasteiger partial charge in [-0.2, -0.15) is 0 Å². The molecule has 92 valence electrons. The molecule has 0 spiro atoms. The number of rotatable bonds is 3. The zero-order chi connectivity index (χ0) is 13.1. The Labute approximate surface area is 108 Å². The Bertz CT molecular complexity index is 565. The van der Waals surface area contributed by atoms with Crippen LogP contribution in [0.2, 0.25) is 0 Å². The lowest BCUT2D eigenvalue weighted by Gasteiger charge is -2.06. The molecule has 0 radical (unpaired) electrons. The van der Waals surface area contributed by atoms with Crippen molar-refractivity contribution in [2.75, 3.05) is 0 Å². The summed E-state index contributed by atoms with van der Waals surface area (Å²) in [5.41, 5.74) is 5.04. The number of carbonyl (C=O) groups excluding carboxylic acids is 1. The minimum Gasteiger partial charge on any atom is -0.289 e. The molecule has 0 bridgehead atoms. The van der Waals surface area contributed by atoms with Crippen molar-refractivity contribution < 1.29 is 4.79 Å². The maximum Gasteiger partial charge on any atom is 0.193 e. The van der Waals surface area contributed by atoms with Gasteiger partial charge in [-0.25, -0.2) is 0 Å². The molecule has 2 rings (SSSR count). The standard InChI is InChI=1S/C17H18O/c1-4-14-6-8-15(9-7-14)17(18)16-10-5-12(2)11-13(16)3/h5-11H,4H2,1-3H3. The molecule has 2 aromatic rings. The maximum atomic E-state index is 12.4. The highest BCUT2D eigenvalue weighted by Gasteiger charge is 2.11. The number of ketones is 1. The lowest BCUT2D eigenvalue weighted by Crippen LogP contribution is -2.04. The van der Waals surface area contributed by atoms with E-state index in [1.165, 1.54) is 11.1 Å². The summed E-state index contributed by atoms with van der Waals surface area (Å²) < 4.78 is 0. The molecule has 0 saturated heterocycles. The van der Waals surface area contributed by atoms with Crippen molar-refractivity contribution in [1.82, 2.24) is 0 Å². The largest absolute Gasteiger partial charge is 0.289 e. The Morgan fingerprint density at radius 1 is 1.00 bits per heavy atom. The summed E-state index contributed by atoms with van der Waals surface area (Å²) in [7, 11) is 0. The van der Waals surface area contributed by atoms with Gasteiger partial charge in [-0.15, -0.1) is 0 Å². The van der Waals surface area contributed by atoms with Gasteiger partial charge in [0.1, 0.15) is 0 Å². The first-order valence-corrected chi connectivity index (χ1v) is 6.32. The van der Waals surface area contributed by atoms with Crippen LogP contribution in [-0.2, 0) is 6.42 Å². The molecule has 0 atom stereocenters. The van der Waals surface area contributed by atoms with E-state index in [2.05, 4.69) is 6.92 Å². The zero-order valence-electron chi connectivity index (χ0n) is 11.2. The lowest BCUT2D eigenvalue weighted by atomic mass is 9.97.